The van der Waals surface area contributed by atoms with Crippen LogP contribution in [0.4, 0.5) is 11.4 Å². The van der Waals surface area contributed by atoms with E-state index in [1.54, 1.807) is 0 Å². The minimum Gasteiger partial charge on any atom is -0.381 e. The predicted molar refractivity (Wildman–Crippen MR) is 140 cm³/mol. The lowest BCUT2D eigenvalue weighted by molar-refractivity contribution is 0.0382. The van der Waals surface area contributed by atoms with Crippen LogP contribution in [0.1, 0.15) is 24.2 Å². The molecule has 0 atom stereocenters. The maximum absolute atomic E-state index is 5.45. The second kappa shape index (κ2) is 10.8. The van der Waals surface area contributed by atoms with E-state index in [4.69, 9.17) is 9.72 Å². The van der Waals surface area contributed by atoms with E-state index in [2.05, 4.69) is 81.6 Å². The fraction of sp³-hybridized carbons (Fsp3) is 0.519. The molecule has 5 rings (SSSR count). The van der Waals surface area contributed by atoms with Crippen LogP contribution in [-0.2, 0) is 17.7 Å². The summed E-state index contributed by atoms with van der Waals surface area (Å²) in [7, 11) is 4.47. The Morgan fingerprint density at radius 3 is 2.71 bits per heavy atom. The van der Waals surface area contributed by atoms with Crippen molar-refractivity contribution in [1.29, 1.82) is 0 Å². The van der Waals surface area contributed by atoms with Crippen molar-refractivity contribution in [2.75, 3.05) is 70.2 Å². The van der Waals surface area contributed by atoms with E-state index >= 15 is 0 Å². The average molecular weight is 463 g/mol. The molecule has 1 aromatic heterocycles. The van der Waals surface area contributed by atoms with Crippen LogP contribution in [0, 0.1) is 0 Å². The van der Waals surface area contributed by atoms with Gasteiger partial charge in [0, 0.05) is 57.1 Å². The summed E-state index contributed by atoms with van der Waals surface area (Å²) < 4.78 is 5.45. The number of aromatic nitrogens is 2. The van der Waals surface area contributed by atoms with Crippen LogP contribution >= 0.6 is 0 Å². The number of nitrogens with one attached hydrogen (secondary N) is 2. The number of rotatable bonds is 8. The summed E-state index contributed by atoms with van der Waals surface area (Å²) in [5.74, 6) is 1.06. The molecule has 0 spiro atoms. The van der Waals surface area contributed by atoms with Gasteiger partial charge in [0.2, 0.25) is 0 Å². The number of morpholine rings is 1. The Hall–Kier alpha value is -2.61. The molecule has 7 heteroatoms. The Balaban J connectivity index is 1.22. The Labute approximate surface area is 203 Å². The summed E-state index contributed by atoms with van der Waals surface area (Å²) in [5.41, 5.74) is 5.91. The van der Waals surface area contributed by atoms with E-state index in [0.717, 1.165) is 68.4 Å². The van der Waals surface area contributed by atoms with Gasteiger partial charge in [0.15, 0.2) is 0 Å². The quantitative estimate of drug-likeness (QED) is 0.534. The molecule has 0 radical (unpaired) electrons. The van der Waals surface area contributed by atoms with Gasteiger partial charge in [-0.1, -0.05) is 18.2 Å². The first-order valence-corrected chi connectivity index (χ1v) is 12.7. The van der Waals surface area contributed by atoms with Gasteiger partial charge in [0.05, 0.1) is 24.2 Å². The summed E-state index contributed by atoms with van der Waals surface area (Å²) in [6.45, 7) is 7.89. The number of hydrogen-bond donors (Lipinski definition) is 2. The Kier molecular flexibility index (Phi) is 7.33. The highest BCUT2D eigenvalue weighted by atomic mass is 16.5. The number of imidazole rings is 1. The van der Waals surface area contributed by atoms with Crippen molar-refractivity contribution in [1.82, 2.24) is 19.8 Å². The minimum absolute atomic E-state index is 0.606. The summed E-state index contributed by atoms with van der Waals surface area (Å²) in [6.07, 6.45) is 3.38. The van der Waals surface area contributed by atoms with Gasteiger partial charge in [0.1, 0.15) is 5.82 Å². The van der Waals surface area contributed by atoms with Crippen molar-refractivity contribution in [2.24, 2.45) is 0 Å². The number of para-hydroxylation sites is 1. The molecular formula is C27H38N6O. The molecule has 34 heavy (non-hydrogen) atoms. The normalized spacial score (nSPS) is 18.4. The fourth-order valence-electron chi connectivity index (χ4n) is 5.16. The van der Waals surface area contributed by atoms with Gasteiger partial charge in [-0.25, -0.2) is 4.98 Å². The number of H-pyrrole nitrogens is 1. The zero-order valence-corrected chi connectivity index (χ0v) is 20.6. The van der Waals surface area contributed by atoms with Gasteiger partial charge in [0.25, 0.3) is 0 Å². The molecule has 3 heterocycles. The van der Waals surface area contributed by atoms with Crippen molar-refractivity contribution in [3.63, 3.8) is 0 Å². The summed E-state index contributed by atoms with van der Waals surface area (Å²) in [6, 6.07) is 15.8. The first kappa shape index (κ1) is 23.1. The second-order valence-corrected chi connectivity index (χ2v) is 9.75. The van der Waals surface area contributed by atoms with Crippen molar-refractivity contribution < 1.29 is 4.74 Å². The van der Waals surface area contributed by atoms with Crippen molar-refractivity contribution >= 4 is 22.4 Å². The molecular weight excluding hydrogens is 424 g/mol. The molecule has 0 amide bonds. The Bertz CT molecular complexity index is 1070. The monoisotopic (exact) mass is 462 g/mol. The molecule has 2 N–H and O–H groups in total. The van der Waals surface area contributed by atoms with Gasteiger partial charge in [-0.2, -0.15) is 0 Å². The van der Waals surface area contributed by atoms with Crippen molar-refractivity contribution in [3.05, 3.63) is 53.9 Å². The minimum atomic E-state index is 0.606. The third kappa shape index (κ3) is 5.54. The largest absolute Gasteiger partial charge is 0.381 e. The molecule has 0 aliphatic carbocycles. The number of benzene rings is 2. The zero-order chi connectivity index (χ0) is 23.3. The summed E-state index contributed by atoms with van der Waals surface area (Å²) in [4.78, 5) is 15.7. The first-order chi connectivity index (χ1) is 16.7. The zero-order valence-electron chi connectivity index (χ0n) is 20.6. The number of fused-ring (bicyclic) bond motifs is 1. The van der Waals surface area contributed by atoms with E-state index in [0.29, 0.717) is 6.04 Å². The predicted octanol–water partition coefficient (Wildman–Crippen LogP) is 3.58. The molecule has 2 aliphatic rings. The van der Waals surface area contributed by atoms with Gasteiger partial charge < -0.3 is 24.8 Å². The molecule has 0 unspecified atom stereocenters. The van der Waals surface area contributed by atoms with Crippen LogP contribution in [0.25, 0.3) is 11.0 Å². The number of aromatic amines is 1. The second-order valence-electron chi connectivity index (χ2n) is 9.75. The molecule has 2 aromatic carbocycles. The van der Waals surface area contributed by atoms with E-state index in [9.17, 15) is 0 Å². The number of likely N-dealkylation sites (tertiary alicyclic amines) is 1. The van der Waals surface area contributed by atoms with Gasteiger partial charge >= 0.3 is 0 Å². The smallest absolute Gasteiger partial charge is 0.108 e. The van der Waals surface area contributed by atoms with Crippen LogP contribution in [0.5, 0.6) is 0 Å². The van der Waals surface area contributed by atoms with E-state index in [1.165, 1.54) is 37.2 Å². The number of anilines is 2. The van der Waals surface area contributed by atoms with Crippen LogP contribution in [-0.4, -0.2) is 85.8 Å². The Morgan fingerprint density at radius 1 is 1.09 bits per heavy atom. The molecule has 2 saturated heterocycles. The van der Waals surface area contributed by atoms with Gasteiger partial charge in [-0.15, -0.1) is 0 Å². The molecule has 2 fully saturated rings. The maximum atomic E-state index is 5.45. The number of piperidine rings is 1. The number of ether oxygens (including phenoxy) is 1. The van der Waals surface area contributed by atoms with E-state index < -0.39 is 0 Å². The topological polar surface area (TPSA) is 59.7 Å². The van der Waals surface area contributed by atoms with Crippen LogP contribution < -0.4 is 10.2 Å². The van der Waals surface area contributed by atoms with Gasteiger partial charge in [-0.05, 0) is 62.8 Å². The van der Waals surface area contributed by atoms with E-state index in [-0.39, 0.29) is 0 Å². The standard InChI is InChI=1S/C27H38N6O/c1-31-12-9-23(10-13-31)32(2)26-6-4-3-5-21(26)20-28-22-7-8-24-25(19-22)30-27(29-24)11-14-33-15-17-34-18-16-33/h3-8,19,23,28H,9-18,20H2,1-2H3,(H,29,30). The number of hydrogen-bond acceptors (Lipinski definition) is 6. The maximum Gasteiger partial charge on any atom is 0.108 e. The number of nitrogens with zero attached hydrogens (tertiary/aromatic N) is 4. The van der Waals surface area contributed by atoms with Crippen LogP contribution in [0.15, 0.2) is 42.5 Å². The average Bonchev–Trinajstić information content (AvgIpc) is 3.29. The fourth-order valence-corrected chi connectivity index (χ4v) is 5.16. The Morgan fingerprint density at radius 2 is 1.88 bits per heavy atom. The third-order valence-electron chi connectivity index (χ3n) is 7.39. The van der Waals surface area contributed by atoms with Gasteiger partial charge in [-0.3, -0.25) is 4.90 Å². The highest BCUT2D eigenvalue weighted by Crippen LogP contribution is 2.26. The van der Waals surface area contributed by atoms with Crippen LogP contribution in [0.2, 0.25) is 0 Å². The molecule has 2 aliphatic heterocycles. The molecule has 0 saturated carbocycles. The van der Waals surface area contributed by atoms with Crippen molar-refractivity contribution in [2.45, 2.75) is 31.8 Å². The first-order valence-electron chi connectivity index (χ1n) is 12.7. The lowest BCUT2D eigenvalue weighted by Crippen LogP contribution is -2.42. The van der Waals surface area contributed by atoms with Crippen LogP contribution in [0.3, 0.4) is 0 Å². The molecule has 0 bridgehead atoms. The van der Waals surface area contributed by atoms with E-state index in [1.807, 2.05) is 0 Å². The molecule has 7 nitrogen and oxygen atoms in total. The molecule has 182 valence electrons. The summed E-state index contributed by atoms with van der Waals surface area (Å²) >= 11 is 0. The molecule has 3 aromatic rings. The SMILES string of the molecule is CN1CCC(N(C)c2ccccc2CNc2ccc3nc(CCN4CCOCC4)[nH]c3c2)CC1. The van der Waals surface area contributed by atoms with Crippen molar-refractivity contribution in [3.8, 4) is 0 Å². The lowest BCUT2D eigenvalue weighted by Gasteiger charge is -2.37. The highest BCUT2D eigenvalue weighted by molar-refractivity contribution is 5.79. The third-order valence-corrected chi connectivity index (χ3v) is 7.39. The summed E-state index contributed by atoms with van der Waals surface area (Å²) in [5, 5.41) is 3.65. The highest BCUT2D eigenvalue weighted by Gasteiger charge is 2.22. The lowest BCUT2D eigenvalue weighted by atomic mass is 10.0.